The summed E-state index contributed by atoms with van der Waals surface area (Å²) in [6.45, 7) is 2.13. The molecule has 19 heavy (non-hydrogen) atoms. The van der Waals surface area contributed by atoms with Gasteiger partial charge < -0.3 is 5.73 Å². The minimum atomic E-state index is -0.531. The number of halogens is 3. The fraction of sp³-hybridized carbons (Fsp3) is 0.538. The van der Waals surface area contributed by atoms with E-state index in [2.05, 4.69) is 22.9 Å². The SMILES string of the molecule is CC1SCCSC1C(N)Cc1c(F)ccc(Br)c1F. The lowest BCUT2D eigenvalue weighted by Gasteiger charge is -2.32. The molecule has 1 aromatic carbocycles. The van der Waals surface area contributed by atoms with Gasteiger partial charge in [-0.1, -0.05) is 6.92 Å². The number of nitrogens with two attached hydrogens (primary N) is 1. The van der Waals surface area contributed by atoms with Crippen molar-refractivity contribution in [2.45, 2.75) is 29.9 Å². The molecule has 3 unspecified atom stereocenters. The molecule has 0 amide bonds. The second-order valence-electron chi connectivity index (χ2n) is 4.60. The smallest absolute Gasteiger partial charge is 0.143 e. The van der Waals surface area contributed by atoms with Crippen LogP contribution in [0.4, 0.5) is 8.78 Å². The fourth-order valence-electron chi connectivity index (χ4n) is 2.23. The summed E-state index contributed by atoms with van der Waals surface area (Å²) in [6, 6.07) is 2.43. The van der Waals surface area contributed by atoms with Gasteiger partial charge in [-0.25, -0.2) is 8.78 Å². The third-order valence-electron chi connectivity index (χ3n) is 3.24. The summed E-state index contributed by atoms with van der Waals surface area (Å²) in [5.74, 6) is 1.12. The summed E-state index contributed by atoms with van der Waals surface area (Å²) in [6.07, 6.45) is 0.236. The first-order valence-electron chi connectivity index (χ1n) is 6.12. The molecule has 1 nitrogen and oxygen atoms in total. The molecule has 106 valence electrons. The van der Waals surface area contributed by atoms with Crippen LogP contribution in [0.15, 0.2) is 16.6 Å². The van der Waals surface area contributed by atoms with E-state index < -0.39 is 11.6 Å². The molecular weight excluding hydrogens is 352 g/mol. The summed E-state index contributed by atoms with van der Waals surface area (Å²) in [5.41, 5.74) is 6.26. The van der Waals surface area contributed by atoms with Crippen LogP contribution in [-0.2, 0) is 6.42 Å². The van der Waals surface area contributed by atoms with E-state index in [1.807, 2.05) is 23.5 Å². The van der Waals surface area contributed by atoms with Gasteiger partial charge in [-0.2, -0.15) is 23.5 Å². The van der Waals surface area contributed by atoms with Gasteiger partial charge in [0.15, 0.2) is 0 Å². The van der Waals surface area contributed by atoms with Crippen LogP contribution in [0.25, 0.3) is 0 Å². The summed E-state index contributed by atoms with van der Waals surface area (Å²) in [5, 5.41) is 0.670. The normalized spacial score (nSPS) is 25.3. The highest BCUT2D eigenvalue weighted by Crippen LogP contribution is 2.34. The van der Waals surface area contributed by atoms with Crippen LogP contribution in [0.2, 0.25) is 0 Å². The van der Waals surface area contributed by atoms with Crippen molar-refractivity contribution in [3.63, 3.8) is 0 Å². The lowest BCUT2D eigenvalue weighted by atomic mass is 10.0. The minimum Gasteiger partial charge on any atom is -0.326 e. The summed E-state index contributed by atoms with van der Waals surface area (Å²) in [4.78, 5) is 0. The van der Waals surface area contributed by atoms with Gasteiger partial charge in [0.2, 0.25) is 0 Å². The first-order chi connectivity index (χ1) is 9.00. The molecule has 1 saturated heterocycles. The first-order valence-corrected chi connectivity index (χ1v) is 9.01. The van der Waals surface area contributed by atoms with Crippen molar-refractivity contribution in [3.8, 4) is 0 Å². The Labute approximate surface area is 129 Å². The van der Waals surface area contributed by atoms with Gasteiger partial charge in [-0.15, -0.1) is 0 Å². The van der Waals surface area contributed by atoms with Gasteiger partial charge in [-0.3, -0.25) is 0 Å². The number of hydrogen-bond donors (Lipinski definition) is 1. The molecule has 0 bridgehead atoms. The molecule has 0 spiro atoms. The number of hydrogen-bond acceptors (Lipinski definition) is 3. The zero-order chi connectivity index (χ0) is 14.0. The van der Waals surface area contributed by atoms with Crippen molar-refractivity contribution in [2.24, 2.45) is 5.73 Å². The third-order valence-corrected chi connectivity index (χ3v) is 7.12. The van der Waals surface area contributed by atoms with Gasteiger partial charge in [0.1, 0.15) is 11.6 Å². The van der Waals surface area contributed by atoms with Gasteiger partial charge in [0, 0.05) is 33.6 Å². The molecule has 3 atom stereocenters. The van der Waals surface area contributed by atoms with E-state index in [-0.39, 0.29) is 27.7 Å². The highest BCUT2D eigenvalue weighted by atomic mass is 79.9. The number of thioether (sulfide) groups is 2. The van der Waals surface area contributed by atoms with E-state index in [1.54, 1.807) is 0 Å². The Kier molecular flexibility index (Phi) is 5.57. The molecule has 2 rings (SSSR count). The van der Waals surface area contributed by atoms with Crippen LogP contribution >= 0.6 is 39.5 Å². The highest BCUT2D eigenvalue weighted by Gasteiger charge is 2.29. The predicted molar refractivity (Wildman–Crippen MR) is 83.9 cm³/mol. The average molecular weight is 368 g/mol. The Morgan fingerprint density at radius 2 is 2.05 bits per heavy atom. The monoisotopic (exact) mass is 367 g/mol. The second kappa shape index (κ2) is 6.78. The molecule has 0 saturated carbocycles. The molecule has 0 radical (unpaired) electrons. The van der Waals surface area contributed by atoms with Crippen LogP contribution in [0.5, 0.6) is 0 Å². The van der Waals surface area contributed by atoms with Crippen LogP contribution in [-0.4, -0.2) is 28.0 Å². The lowest BCUT2D eigenvalue weighted by molar-refractivity contribution is 0.524. The maximum atomic E-state index is 13.9. The average Bonchev–Trinajstić information content (AvgIpc) is 2.39. The quantitative estimate of drug-likeness (QED) is 0.822. The van der Waals surface area contributed by atoms with Gasteiger partial charge in [0.05, 0.1) is 4.47 Å². The molecule has 1 fully saturated rings. The Hall–Kier alpha value is 0.220. The maximum Gasteiger partial charge on any atom is 0.143 e. The Morgan fingerprint density at radius 1 is 1.37 bits per heavy atom. The van der Waals surface area contributed by atoms with E-state index in [9.17, 15) is 8.78 Å². The Bertz CT molecular complexity index is 459. The van der Waals surface area contributed by atoms with Crippen LogP contribution < -0.4 is 5.73 Å². The number of rotatable bonds is 3. The molecule has 2 N–H and O–H groups in total. The van der Waals surface area contributed by atoms with Crippen molar-refractivity contribution in [1.82, 2.24) is 0 Å². The van der Waals surface area contributed by atoms with E-state index in [4.69, 9.17) is 5.73 Å². The van der Waals surface area contributed by atoms with Crippen LogP contribution in [0.3, 0.4) is 0 Å². The van der Waals surface area contributed by atoms with Gasteiger partial charge >= 0.3 is 0 Å². The first kappa shape index (κ1) is 15.6. The van der Waals surface area contributed by atoms with Crippen molar-refractivity contribution >= 4 is 39.5 Å². The van der Waals surface area contributed by atoms with Gasteiger partial charge in [-0.05, 0) is 34.5 Å². The van der Waals surface area contributed by atoms with E-state index >= 15 is 0 Å². The Balaban J connectivity index is 2.14. The minimum absolute atomic E-state index is 0.0882. The summed E-state index contributed by atoms with van der Waals surface area (Å²) >= 11 is 6.78. The van der Waals surface area contributed by atoms with E-state index in [0.717, 1.165) is 11.5 Å². The highest BCUT2D eigenvalue weighted by molar-refractivity contribution is 9.10. The third kappa shape index (κ3) is 3.65. The zero-order valence-corrected chi connectivity index (χ0v) is 13.8. The largest absolute Gasteiger partial charge is 0.326 e. The topological polar surface area (TPSA) is 26.0 Å². The molecule has 0 aliphatic carbocycles. The predicted octanol–water partition coefficient (Wildman–Crippen LogP) is 3.83. The maximum absolute atomic E-state index is 13.9. The van der Waals surface area contributed by atoms with Crippen LogP contribution in [0, 0.1) is 11.6 Å². The summed E-state index contributed by atoms with van der Waals surface area (Å²) < 4.78 is 27.9. The fourth-order valence-corrected chi connectivity index (χ4v) is 5.49. The molecule has 1 heterocycles. The molecule has 1 aromatic rings. The van der Waals surface area contributed by atoms with Crippen molar-refractivity contribution in [2.75, 3.05) is 11.5 Å². The standard InChI is InChI=1S/C13H16BrF2NS2/c1-7-13(19-5-4-18-7)11(17)6-8-10(15)3-2-9(14)12(8)16/h2-3,7,11,13H,4-6,17H2,1H3. The van der Waals surface area contributed by atoms with Crippen molar-refractivity contribution < 1.29 is 8.78 Å². The molecule has 1 aliphatic heterocycles. The lowest BCUT2D eigenvalue weighted by Crippen LogP contribution is -2.42. The summed E-state index contributed by atoms with van der Waals surface area (Å²) in [7, 11) is 0. The van der Waals surface area contributed by atoms with Crippen molar-refractivity contribution in [3.05, 3.63) is 33.8 Å². The molecular formula is C13H16BrF2NS2. The van der Waals surface area contributed by atoms with E-state index in [1.165, 1.54) is 12.1 Å². The zero-order valence-electron chi connectivity index (χ0n) is 10.5. The van der Waals surface area contributed by atoms with Gasteiger partial charge in [0.25, 0.3) is 0 Å². The Morgan fingerprint density at radius 3 is 2.74 bits per heavy atom. The van der Waals surface area contributed by atoms with E-state index in [0.29, 0.717) is 5.25 Å². The second-order valence-corrected chi connectivity index (χ2v) is 8.23. The molecule has 6 heteroatoms. The van der Waals surface area contributed by atoms with Crippen LogP contribution in [0.1, 0.15) is 12.5 Å². The number of benzene rings is 1. The van der Waals surface area contributed by atoms with Crippen molar-refractivity contribution in [1.29, 1.82) is 0 Å². The molecule has 0 aromatic heterocycles. The molecule has 1 aliphatic rings.